The van der Waals surface area contributed by atoms with Crippen molar-refractivity contribution in [3.8, 4) is 17.1 Å². The van der Waals surface area contributed by atoms with Crippen LogP contribution in [0.3, 0.4) is 0 Å². The number of alkyl halides is 6. The predicted molar refractivity (Wildman–Crippen MR) is 126 cm³/mol. The highest BCUT2D eigenvalue weighted by atomic mass is 35.5. The number of aliphatic hydroxyl groups is 1. The van der Waals surface area contributed by atoms with Crippen molar-refractivity contribution in [1.82, 2.24) is 34.1 Å². The molecule has 10 nitrogen and oxygen atoms in total. The SMILES string of the molecule is O=c1n(Cc2ncn(-c3cccnc3NCCC(F)(F)F)n2)nc(-c2ccc(Cl)cc2)n1C[C@H](O)C(F)(F)F. The number of rotatable bonds is 9. The van der Waals surface area contributed by atoms with Crippen molar-refractivity contribution in [2.24, 2.45) is 0 Å². The molecule has 2 N–H and O–H groups in total. The smallest absolute Gasteiger partial charge is 0.382 e. The van der Waals surface area contributed by atoms with Gasteiger partial charge < -0.3 is 10.4 Å². The number of anilines is 1. The monoisotopic (exact) mass is 576 g/mol. The van der Waals surface area contributed by atoms with Gasteiger partial charge in [-0.3, -0.25) is 4.57 Å². The number of nitrogens with one attached hydrogen (secondary N) is 1. The first-order valence-electron chi connectivity index (χ1n) is 11.2. The van der Waals surface area contributed by atoms with Gasteiger partial charge in [-0.15, -0.1) is 10.2 Å². The van der Waals surface area contributed by atoms with Crippen molar-refractivity contribution >= 4 is 17.4 Å². The molecular formula is C22H19ClF6N8O2. The maximum atomic E-state index is 13.0. The fourth-order valence-electron chi connectivity index (χ4n) is 3.46. The van der Waals surface area contributed by atoms with Crippen LogP contribution in [0, 0.1) is 0 Å². The van der Waals surface area contributed by atoms with Crippen LogP contribution in [-0.4, -0.2) is 64.2 Å². The van der Waals surface area contributed by atoms with Gasteiger partial charge in [-0.1, -0.05) is 11.6 Å². The molecule has 0 fully saturated rings. The van der Waals surface area contributed by atoms with Crippen LogP contribution >= 0.6 is 11.6 Å². The molecule has 3 heterocycles. The summed E-state index contributed by atoms with van der Waals surface area (Å²) in [6, 6.07) is 8.88. The van der Waals surface area contributed by atoms with Crippen LogP contribution in [0.2, 0.25) is 5.02 Å². The zero-order valence-electron chi connectivity index (χ0n) is 19.7. The highest BCUT2D eigenvalue weighted by Gasteiger charge is 2.39. The van der Waals surface area contributed by atoms with Crippen molar-refractivity contribution in [2.45, 2.75) is 38.0 Å². The van der Waals surface area contributed by atoms with E-state index in [4.69, 9.17) is 11.6 Å². The Labute approximate surface area is 220 Å². The highest BCUT2D eigenvalue weighted by Crippen LogP contribution is 2.24. The van der Waals surface area contributed by atoms with Crippen LogP contribution in [0.15, 0.2) is 53.7 Å². The zero-order chi connectivity index (χ0) is 28.4. The van der Waals surface area contributed by atoms with Crippen LogP contribution in [-0.2, 0) is 13.1 Å². The Morgan fingerprint density at radius 2 is 1.74 bits per heavy atom. The Hall–Kier alpha value is -3.92. The second-order valence-corrected chi connectivity index (χ2v) is 8.64. The number of halogens is 7. The van der Waals surface area contributed by atoms with Gasteiger partial charge in [-0.05, 0) is 36.4 Å². The molecule has 17 heteroatoms. The minimum atomic E-state index is -4.98. The molecule has 0 aliphatic carbocycles. The first-order valence-corrected chi connectivity index (χ1v) is 11.5. The summed E-state index contributed by atoms with van der Waals surface area (Å²) in [4.78, 5) is 21.1. The lowest BCUT2D eigenvalue weighted by Crippen LogP contribution is -2.37. The van der Waals surface area contributed by atoms with E-state index in [2.05, 4.69) is 25.5 Å². The third kappa shape index (κ3) is 6.94. The Kier molecular flexibility index (Phi) is 7.96. The maximum absolute atomic E-state index is 13.0. The van der Waals surface area contributed by atoms with Crippen LogP contribution < -0.4 is 11.0 Å². The van der Waals surface area contributed by atoms with E-state index in [0.717, 1.165) is 4.68 Å². The van der Waals surface area contributed by atoms with E-state index in [9.17, 15) is 36.2 Å². The summed E-state index contributed by atoms with van der Waals surface area (Å²) in [5.74, 6) is -0.0283. The zero-order valence-corrected chi connectivity index (χ0v) is 20.4. The lowest BCUT2D eigenvalue weighted by atomic mass is 10.2. The summed E-state index contributed by atoms with van der Waals surface area (Å²) in [5, 5.41) is 20.9. The molecular weight excluding hydrogens is 558 g/mol. The molecule has 4 aromatic rings. The average molecular weight is 577 g/mol. The number of nitrogens with zero attached hydrogens (tertiary/aromatic N) is 7. The van der Waals surface area contributed by atoms with Crippen molar-refractivity contribution in [3.63, 3.8) is 0 Å². The van der Waals surface area contributed by atoms with E-state index in [1.54, 1.807) is 0 Å². The molecule has 0 radical (unpaired) electrons. The first kappa shape index (κ1) is 28.1. The van der Waals surface area contributed by atoms with Crippen molar-refractivity contribution < 1.29 is 31.4 Å². The Bertz CT molecular complexity index is 1480. The first-order chi connectivity index (χ1) is 18.3. The molecule has 0 saturated heterocycles. The second kappa shape index (κ2) is 11.1. The number of hydrogen-bond donors (Lipinski definition) is 2. The summed E-state index contributed by atoms with van der Waals surface area (Å²) in [7, 11) is 0. The number of aliphatic hydroxyl groups excluding tert-OH is 1. The quantitative estimate of drug-likeness (QED) is 0.292. The van der Waals surface area contributed by atoms with Gasteiger partial charge in [-0.25, -0.2) is 24.1 Å². The highest BCUT2D eigenvalue weighted by molar-refractivity contribution is 6.30. The molecule has 4 rings (SSSR count). The van der Waals surface area contributed by atoms with Crippen LogP contribution in [0.4, 0.5) is 32.2 Å². The molecule has 0 spiro atoms. The topological polar surface area (TPSA) is 116 Å². The Balaban J connectivity index is 1.62. The van der Waals surface area contributed by atoms with E-state index in [1.165, 1.54) is 53.6 Å². The van der Waals surface area contributed by atoms with E-state index >= 15 is 0 Å². The predicted octanol–water partition coefficient (Wildman–Crippen LogP) is 3.68. The van der Waals surface area contributed by atoms with E-state index in [-0.39, 0.29) is 35.3 Å². The fourth-order valence-corrected chi connectivity index (χ4v) is 3.58. The lowest BCUT2D eigenvalue weighted by Gasteiger charge is -2.15. The molecule has 0 bridgehead atoms. The number of benzene rings is 1. The normalized spacial score (nSPS) is 13.0. The molecule has 0 saturated carbocycles. The lowest BCUT2D eigenvalue weighted by molar-refractivity contribution is -0.207. The third-order valence-corrected chi connectivity index (χ3v) is 5.58. The summed E-state index contributed by atoms with van der Waals surface area (Å²) in [6.45, 7) is -1.90. The average Bonchev–Trinajstić information content (AvgIpc) is 3.44. The molecule has 0 unspecified atom stereocenters. The summed E-state index contributed by atoms with van der Waals surface area (Å²) >= 11 is 5.88. The minimum Gasteiger partial charge on any atom is -0.382 e. The molecule has 208 valence electrons. The minimum absolute atomic E-state index is 0.0193. The van der Waals surface area contributed by atoms with Gasteiger partial charge in [0.15, 0.2) is 23.6 Å². The summed E-state index contributed by atoms with van der Waals surface area (Å²) in [5.41, 5.74) is -0.421. The molecule has 1 aromatic carbocycles. The Morgan fingerprint density at radius 3 is 2.41 bits per heavy atom. The maximum Gasteiger partial charge on any atom is 0.416 e. The summed E-state index contributed by atoms with van der Waals surface area (Å²) < 4.78 is 79.4. The van der Waals surface area contributed by atoms with Gasteiger partial charge in [0.25, 0.3) is 0 Å². The van der Waals surface area contributed by atoms with Crippen molar-refractivity contribution in [1.29, 1.82) is 0 Å². The van der Waals surface area contributed by atoms with Crippen molar-refractivity contribution in [2.75, 3.05) is 11.9 Å². The number of pyridine rings is 1. The van der Waals surface area contributed by atoms with Crippen LogP contribution in [0.25, 0.3) is 17.1 Å². The number of hydrogen-bond acceptors (Lipinski definition) is 7. The van der Waals surface area contributed by atoms with Gasteiger partial charge in [-0.2, -0.15) is 26.3 Å². The molecule has 0 amide bonds. The molecule has 3 aromatic heterocycles. The molecule has 39 heavy (non-hydrogen) atoms. The standard InChI is InChI=1S/C22H19ClF6N8O2/c23-14-5-3-13(4-6-14)19-34-36(20(39)35(19)10-16(38)22(27,28)29)11-17-32-12-37(33-17)15-2-1-8-30-18(15)31-9-7-21(24,25)26/h1-6,8,12,16,38H,7,9-11H2,(H,30,31)/t16-/m0/s1. The molecule has 0 aliphatic heterocycles. The van der Waals surface area contributed by atoms with E-state index in [0.29, 0.717) is 9.59 Å². The molecule has 0 aliphatic rings. The van der Waals surface area contributed by atoms with Gasteiger partial charge in [0, 0.05) is 23.3 Å². The van der Waals surface area contributed by atoms with Gasteiger partial charge in [0.2, 0.25) is 0 Å². The van der Waals surface area contributed by atoms with Crippen molar-refractivity contribution in [3.05, 3.63) is 70.3 Å². The van der Waals surface area contributed by atoms with Gasteiger partial charge >= 0.3 is 18.0 Å². The molecule has 1 atom stereocenters. The van der Waals surface area contributed by atoms with E-state index < -0.39 is 43.7 Å². The Morgan fingerprint density at radius 1 is 1.03 bits per heavy atom. The number of aromatic nitrogens is 7. The van der Waals surface area contributed by atoms with Gasteiger partial charge in [0.05, 0.1) is 13.0 Å². The third-order valence-electron chi connectivity index (χ3n) is 5.32. The largest absolute Gasteiger partial charge is 0.416 e. The van der Waals surface area contributed by atoms with E-state index in [1.807, 2.05) is 0 Å². The van der Waals surface area contributed by atoms with Crippen LogP contribution in [0.5, 0.6) is 0 Å². The summed E-state index contributed by atoms with van der Waals surface area (Å²) in [6.07, 6.45) is -10.6. The van der Waals surface area contributed by atoms with Gasteiger partial charge in [0.1, 0.15) is 18.6 Å². The van der Waals surface area contributed by atoms with Crippen LogP contribution in [0.1, 0.15) is 12.2 Å². The fraction of sp³-hybridized carbons (Fsp3) is 0.318. The second-order valence-electron chi connectivity index (χ2n) is 8.21.